The first-order valence-corrected chi connectivity index (χ1v) is 13.2. The normalized spacial score (nSPS) is 23.2. The van der Waals surface area contributed by atoms with E-state index in [0.29, 0.717) is 55.5 Å². The molecule has 192 valence electrons. The fourth-order valence-corrected chi connectivity index (χ4v) is 6.74. The van der Waals surface area contributed by atoms with Gasteiger partial charge in [0.25, 0.3) is 5.91 Å². The first kappa shape index (κ1) is 25.4. The molecular weight excluding hydrogens is 510 g/mol. The fraction of sp³-hybridized carbons (Fsp3) is 0.296. The molecule has 2 aromatic carbocycles. The summed E-state index contributed by atoms with van der Waals surface area (Å²) in [7, 11) is 0. The highest BCUT2D eigenvalue weighted by Gasteiger charge is 2.49. The summed E-state index contributed by atoms with van der Waals surface area (Å²) in [6.07, 6.45) is 2.76. The number of ketones is 1. The lowest BCUT2D eigenvalue weighted by Crippen LogP contribution is -2.53. The van der Waals surface area contributed by atoms with Gasteiger partial charge in [0.1, 0.15) is 5.54 Å². The van der Waals surface area contributed by atoms with Crippen LogP contribution >= 0.6 is 22.9 Å². The molecule has 3 unspecified atom stereocenters. The summed E-state index contributed by atoms with van der Waals surface area (Å²) in [4.78, 5) is 41.4. The first-order chi connectivity index (χ1) is 17.6. The Kier molecular flexibility index (Phi) is 6.35. The lowest BCUT2D eigenvalue weighted by atomic mass is 9.70. The van der Waals surface area contributed by atoms with Gasteiger partial charge in [-0.25, -0.2) is 0 Å². The molecule has 2 aliphatic rings. The van der Waals surface area contributed by atoms with Gasteiger partial charge in [0.2, 0.25) is 5.91 Å². The Hall–Kier alpha value is -3.24. The number of Topliss-reactive ketones (excluding diaryl/α,β-unsaturated/α-hetero) is 1. The number of amides is 2. The van der Waals surface area contributed by atoms with Crippen molar-refractivity contribution >= 4 is 56.3 Å². The van der Waals surface area contributed by atoms with E-state index in [1.807, 2.05) is 13.0 Å². The fourth-order valence-electron chi connectivity index (χ4n) is 5.36. The summed E-state index contributed by atoms with van der Waals surface area (Å²) < 4.78 is 0.653. The smallest absolute Gasteiger partial charge is 0.262 e. The van der Waals surface area contributed by atoms with Crippen LogP contribution < -0.4 is 22.5 Å². The number of carbonyl (C=O) groups excluding carboxylic acids is 3. The predicted molar refractivity (Wildman–Crippen MR) is 147 cm³/mol. The van der Waals surface area contributed by atoms with Gasteiger partial charge in [-0.15, -0.1) is 11.3 Å². The van der Waals surface area contributed by atoms with Crippen molar-refractivity contribution in [1.82, 2.24) is 10.2 Å². The Morgan fingerprint density at radius 2 is 2.05 bits per heavy atom. The van der Waals surface area contributed by atoms with Gasteiger partial charge in [-0.3, -0.25) is 14.4 Å². The maximum atomic E-state index is 13.8. The zero-order valence-electron chi connectivity index (χ0n) is 20.3. The lowest BCUT2D eigenvalue weighted by Gasteiger charge is -2.37. The van der Waals surface area contributed by atoms with Gasteiger partial charge in [0.05, 0.1) is 15.6 Å². The number of thiophene rings is 1. The van der Waals surface area contributed by atoms with Crippen LogP contribution in [0.3, 0.4) is 0 Å². The van der Waals surface area contributed by atoms with Crippen LogP contribution in [0.25, 0.3) is 10.1 Å². The molecule has 3 atom stereocenters. The van der Waals surface area contributed by atoms with Crippen molar-refractivity contribution in [3.05, 3.63) is 75.1 Å². The van der Waals surface area contributed by atoms with Gasteiger partial charge in [-0.2, -0.15) is 0 Å². The molecule has 5 rings (SSSR count). The Balaban J connectivity index is 1.60. The molecular formula is C27H28ClN5O3S. The Labute approximate surface area is 223 Å². The molecule has 2 heterocycles. The minimum atomic E-state index is -1.56. The van der Waals surface area contributed by atoms with Crippen LogP contribution in [-0.2, 0) is 15.1 Å². The van der Waals surface area contributed by atoms with E-state index >= 15 is 0 Å². The van der Waals surface area contributed by atoms with Gasteiger partial charge in [0, 0.05) is 40.8 Å². The van der Waals surface area contributed by atoms with E-state index in [9.17, 15) is 14.4 Å². The Bertz CT molecular complexity index is 1480. The van der Waals surface area contributed by atoms with Gasteiger partial charge < -0.3 is 27.4 Å². The van der Waals surface area contributed by atoms with Crippen LogP contribution in [0, 0.1) is 6.92 Å². The number of nitrogens with two attached hydrogens (primary N) is 3. The van der Waals surface area contributed by atoms with Crippen LogP contribution in [0.5, 0.6) is 0 Å². The van der Waals surface area contributed by atoms with Crippen LogP contribution in [0.15, 0.2) is 43.0 Å². The van der Waals surface area contributed by atoms with Crippen molar-refractivity contribution in [2.24, 2.45) is 11.5 Å². The molecule has 0 bridgehead atoms. The van der Waals surface area contributed by atoms with E-state index in [4.69, 9.17) is 28.8 Å². The maximum Gasteiger partial charge on any atom is 0.262 e. The molecule has 2 amide bonds. The zero-order valence-corrected chi connectivity index (χ0v) is 21.9. The number of hydrogen-bond donors (Lipinski definition) is 4. The third-order valence-electron chi connectivity index (χ3n) is 7.39. The van der Waals surface area contributed by atoms with Crippen molar-refractivity contribution in [3.8, 4) is 0 Å². The molecule has 0 spiro atoms. The largest absolute Gasteiger partial charge is 0.398 e. The van der Waals surface area contributed by atoms with E-state index in [0.717, 1.165) is 18.4 Å². The molecule has 0 radical (unpaired) electrons. The second kappa shape index (κ2) is 9.25. The molecule has 1 aliphatic carbocycles. The number of nitrogen functional groups attached to an aromatic ring is 1. The highest BCUT2D eigenvalue weighted by atomic mass is 35.5. The second-order valence-corrected chi connectivity index (χ2v) is 11.1. The standard InChI is InChI=1S/C27H28ClN5O3S/c1-3-19(34)33-10-4-5-15(12-33)32-26(36)24-21-20-16(8-9-18(29)23(20)37-24)27(31,25(35)22(21)30)14-7-6-13(2)17(28)11-14/h3,6-9,11,15,22H,1,4-5,10,12,29-31H2,2H3,(H,32,36). The average molecular weight is 538 g/mol. The first-order valence-electron chi connectivity index (χ1n) is 12.0. The highest BCUT2D eigenvalue weighted by Crippen LogP contribution is 2.49. The van der Waals surface area contributed by atoms with Crippen LogP contribution in [0.4, 0.5) is 5.69 Å². The summed E-state index contributed by atoms with van der Waals surface area (Å²) >= 11 is 7.58. The quantitative estimate of drug-likeness (QED) is 0.297. The van der Waals surface area contributed by atoms with Crippen LogP contribution in [0.1, 0.15) is 50.8 Å². The molecule has 1 aliphatic heterocycles. The number of hydrogen-bond acceptors (Lipinski definition) is 7. The average Bonchev–Trinajstić information content (AvgIpc) is 3.30. The Morgan fingerprint density at radius 1 is 1.30 bits per heavy atom. The molecule has 1 saturated heterocycles. The van der Waals surface area contributed by atoms with Crippen molar-refractivity contribution in [2.45, 2.75) is 37.4 Å². The summed E-state index contributed by atoms with van der Waals surface area (Å²) in [6.45, 7) is 6.41. The summed E-state index contributed by atoms with van der Waals surface area (Å²) in [5, 5.41) is 4.15. The number of nitrogens with zero attached hydrogens (tertiary/aromatic N) is 1. The number of nitrogens with one attached hydrogen (secondary N) is 1. The maximum absolute atomic E-state index is 13.8. The monoisotopic (exact) mass is 537 g/mol. The SMILES string of the molecule is C=CC(=O)N1CCCC(NC(=O)c2sc3c(N)ccc4c3c2C(N)C(=O)C4(N)c2ccc(C)c(Cl)c2)C1. The van der Waals surface area contributed by atoms with Crippen molar-refractivity contribution in [2.75, 3.05) is 18.8 Å². The number of benzene rings is 2. The van der Waals surface area contributed by atoms with E-state index in [2.05, 4.69) is 11.9 Å². The van der Waals surface area contributed by atoms with E-state index < -0.39 is 17.4 Å². The molecule has 3 aromatic rings. The molecule has 8 nitrogen and oxygen atoms in total. The number of aryl methyl sites for hydroxylation is 1. The summed E-state index contributed by atoms with van der Waals surface area (Å²) in [5.41, 5.74) is 21.0. The molecule has 1 fully saturated rings. The lowest BCUT2D eigenvalue weighted by molar-refractivity contribution is -0.127. The van der Waals surface area contributed by atoms with Crippen molar-refractivity contribution < 1.29 is 14.4 Å². The van der Waals surface area contributed by atoms with Crippen LogP contribution in [-0.4, -0.2) is 41.6 Å². The van der Waals surface area contributed by atoms with E-state index in [-0.39, 0.29) is 17.9 Å². The Morgan fingerprint density at radius 3 is 2.76 bits per heavy atom. The number of piperidine rings is 1. The number of anilines is 1. The third-order valence-corrected chi connectivity index (χ3v) is 9.05. The molecule has 7 N–H and O–H groups in total. The van der Waals surface area contributed by atoms with Gasteiger partial charge in [0.15, 0.2) is 5.78 Å². The van der Waals surface area contributed by atoms with E-state index in [1.54, 1.807) is 29.2 Å². The second-order valence-electron chi connectivity index (χ2n) is 9.67. The summed E-state index contributed by atoms with van der Waals surface area (Å²) in [6, 6.07) is 7.32. The third kappa shape index (κ3) is 3.93. The van der Waals surface area contributed by atoms with Crippen LogP contribution in [0.2, 0.25) is 5.02 Å². The number of rotatable bonds is 4. The topological polar surface area (TPSA) is 145 Å². The van der Waals surface area contributed by atoms with Gasteiger partial charge >= 0.3 is 0 Å². The van der Waals surface area contributed by atoms with Crippen molar-refractivity contribution in [3.63, 3.8) is 0 Å². The molecule has 1 aromatic heterocycles. The predicted octanol–water partition coefficient (Wildman–Crippen LogP) is 3.14. The number of halogens is 1. The highest BCUT2D eigenvalue weighted by molar-refractivity contribution is 7.21. The van der Waals surface area contributed by atoms with E-state index in [1.165, 1.54) is 17.4 Å². The van der Waals surface area contributed by atoms with Gasteiger partial charge in [-0.1, -0.05) is 36.4 Å². The minimum Gasteiger partial charge on any atom is -0.398 e. The minimum absolute atomic E-state index is 0.170. The summed E-state index contributed by atoms with van der Waals surface area (Å²) in [5.74, 6) is -0.958. The van der Waals surface area contributed by atoms with Crippen molar-refractivity contribution in [1.29, 1.82) is 0 Å². The molecule has 37 heavy (non-hydrogen) atoms. The zero-order chi connectivity index (χ0) is 26.6. The molecule has 0 saturated carbocycles. The number of likely N-dealkylation sites (tertiary alicyclic amines) is 1. The molecule has 10 heteroatoms. The number of carbonyl (C=O) groups is 3. The van der Waals surface area contributed by atoms with Gasteiger partial charge in [-0.05, 0) is 54.7 Å².